The number of hydrogen-bond donors (Lipinski definition) is 2. The van der Waals surface area contributed by atoms with Crippen LogP contribution in [-0.4, -0.2) is 37.0 Å². The molecule has 0 radical (unpaired) electrons. The van der Waals surface area contributed by atoms with Crippen molar-refractivity contribution in [2.24, 2.45) is 0 Å². The number of amides is 2. The number of ether oxygens (including phenoxy) is 3. The van der Waals surface area contributed by atoms with Crippen LogP contribution in [0.25, 0.3) is 10.8 Å². The number of fused-ring (bicyclic) bond motifs is 1. The van der Waals surface area contributed by atoms with Crippen molar-refractivity contribution in [2.45, 2.75) is 26.2 Å². The first-order chi connectivity index (χ1) is 19.9. The highest BCUT2D eigenvalue weighted by Crippen LogP contribution is 2.30. The Morgan fingerprint density at radius 1 is 0.683 bits per heavy atom. The zero-order chi connectivity index (χ0) is 29.0. The Bertz CT molecular complexity index is 1510. The number of anilines is 2. The number of esters is 2. The van der Waals surface area contributed by atoms with Crippen molar-refractivity contribution in [1.82, 2.24) is 0 Å². The second kappa shape index (κ2) is 14.3. The van der Waals surface area contributed by atoms with E-state index in [1.807, 2.05) is 42.5 Å². The first-order valence-corrected chi connectivity index (χ1v) is 13.2. The van der Waals surface area contributed by atoms with E-state index in [-0.39, 0.29) is 31.8 Å². The summed E-state index contributed by atoms with van der Waals surface area (Å²) in [5, 5.41) is 7.46. The van der Waals surface area contributed by atoms with Gasteiger partial charge in [0, 0.05) is 29.6 Å². The van der Waals surface area contributed by atoms with Crippen molar-refractivity contribution in [3.05, 3.63) is 96.6 Å². The maximum Gasteiger partial charge on any atom is 0.338 e. The molecule has 41 heavy (non-hydrogen) atoms. The summed E-state index contributed by atoms with van der Waals surface area (Å²) in [5.74, 6) is -0.417. The molecule has 0 fully saturated rings. The van der Waals surface area contributed by atoms with Crippen molar-refractivity contribution in [1.29, 1.82) is 0 Å². The normalized spacial score (nSPS) is 10.5. The number of benzene rings is 4. The van der Waals surface area contributed by atoms with Gasteiger partial charge >= 0.3 is 11.9 Å². The van der Waals surface area contributed by atoms with Gasteiger partial charge in [0.1, 0.15) is 11.5 Å². The SMILES string of the molecule is CCOC(=O)c1ccc(NC(=O)COC(=O)CCCC(=O)Nc2ccc(Oc3cccc4ccccc34)cc2)cc1. The predicted molar refractivity (Wildman–Crippen MR) is 155 cm³/mol. The minimum atomic E-state index is -0.583. The van der Waals surface area contributed by atoms with Crippen molar-refractivity contribution >= 4 is 45.9 Å². The van der Waals surface area contributed by atoms with Gasteiger partial charge in [-0.05, 0) is 73.3 Å². The Labute approximate surface area is 237 Å². The molecule has 9 nitrogen and oxygen atoms in total. The zero-order valence-corrected chi connectivity index (χ0v) is 22.6. The van der Waals surface area contributed by atoms with Gasteiger partial charge < -0.3 is 24.8 Å². The molecule has 4 rings (SSSR count). The molecule has 0 aliphatic carbocycles. The molecular formula is C32H30N2O7. The first-order valence-electron chi connectivity index (χ1n) is 13.2. The van der Waals surface area contributed by atoms with E-state index in [9.17, 15) is 19.2 Å². The molecule has 0 bridgehead atoms. The van der Waals surface area contributed by atoms with Gasteiger partial charge in [0.15, 0.2) is 6.61 Å². The van der Waals surface area contributed by atoms with Gasteiger partial charge in [-0.25, -0.2) is 4.79 Å². The van der Waals surface area contributed by atoms with Crippen LogP contribution in [-0.2, 0) is 23.9 Å². The molecule has 210 valence electrons. The van der Waals surface area contributed by atoms with E-state index >= 15 is 0 Å². The Morgan fingerprint density at radius 3 is 2.07 bits per heavy atom. The maximum atomic E-state index is 12.3. The second-order valence-electron chi connectivity index (χ2n) is 9.01. The van der Waals surface area contributed by atoms with Gasteiger partial charge in [-0.1, -0.05) is 36.4 Å². The lowest BCUT2D eigenvalue weighted by Gasteiger charge is -2.10. The largest absolute Gasteiger partial charge is 0.462 e. The average Bonchev–Trinajstić information content (AvgIpc) is 2.98. The van der Waals surface area contributed by atoms with Crippen LogP contribution in [0.4, 0.5) is 11.4 Å². The van der Waals surface area contributed by atoms with Crippen LogP contribution >= 0.6 is 0 Å². The molecule has 0 aromatic heterocycles. The highest BCUT2D eigenvalue weighted by molar-refractivity contribution is 5.94. The number of carbonyl (C=O) groups is 4. The van der Waals surface area contributed by atoms with E-state index in [2.05, 4.69) is 10.6 Å². The summed E-state index contributed by atoms with van der Waals surface area (Å²) >= 11 is 0. The van der Waals surface area contributed by atoms with E-state index in [4.69, 9.17) is 14.2 Å². The van der Waals surface area contributed by atoms with Crippen LogP contribution in [0.3, 0.4) is 0 Å². The lowest BCUT2D eigenvalue weighted by molar-refractivity contribution is -0.147. The van der Waals surface area contributed by atoms with E-state index < -0.39 is 24.5 Å². The third kappa shape index (κ3) is 8.66. The zero-order valence-electron chi connectivity index (χ0n) is 22.6. The fourth-order valence-corrected chi connectivity index (χ4v) is 3.95. The van der Waals surface area contributed by atoms with Crippen LogP contribution in [0.1, 0.15) is 36.5 Å². The quantitative estimate of drug-likeness (QED) is 0.203. The van der Waals surface area contributed by atoms with E-state index in [1.165, 1.54) is 12.1 Å². The number of hydrogen-bond acceptors (Lipinski definition) is 7. The molecule has 0 atom stereocenters. The van der Waals surface area contributed by atoms with Crippen molar-refractivity contribution < 1.29 is 33.4 Å². The highest BCUT2D eigenvalue weighted by atomic mass is 16.5. The first kappa shape index (κ1) is 28.8. The molecule has 0 spiro atoms. The fraction of sp³-hybridized carbons (Fsp3) is 0.188. The van der Waals surface area contributed by atoms with E-state index in [0.29, 0.717) is 22.7 Å². The summed E-state index contributed by atoms with van der Waals surface area (Å²) < 4.78 is 15.9. The van der Waals surface area contributed by atoms with Gasteiger partial charge in [0.05, 0.1) is 12.2 Å². The summed E-state index contributed by atoms with van der Waals surface area (Å²) in [6.45, 7) is 1.52. The minimum Gasteiger partial charge on any atom is -0.462 e. The second-order valence-corrected chi connectivity index (χ2v) is 9.01. The van der Waals surface area contributed by atoms with E-state index in [1.54, 1.807) is 43.3 Å². The summed E-state index contributed by atoms with van der Waals surface area (Å²) in [4.78, 5) is 48.0. The topological polar surface area (TPSA) is 120 Å². The van der Waals surface area contributed by atoms with Crippen molar-refractivity contribution in [2.75, 3.05) is 23.8 Å². The Morgan fingerprint density at radius 2 is 1.34 bits per heavy atom. The third-order valence-corrected chi connectivity index (χ3v) is 5.94. The number of carbonyl (C=O) groups excluding carboxylic acids is 4. The molecule has 0 heterocycles. The third-order valence-electron chi connectivity index (χ3n) is 5.94. The molecule has 2 amide bonds. The minimum absolute atomic E-state index is 0.00720. The molecule has 9 heteroatoms. The van der Waals surface area contributed by atoms with Gasteiger partial charge in [-0.2, -0.15) is 0 Å². The van der Waals surface area contributed by atoms with Crippen LogP contribution in [0.15, 0.2) is 91.0 Å². The Kier molecular flexibility index (Phi) is 10.0. The lowest BCUT2D eigenvalue weighted by atomic mass is 10.1. The van der Waals surface area contributed by atoms with Gasteiger partial charge in [-0.3, -0.25) is 14.4 Å². The van der Waals surface area contributed by atoms with Crippen LogP contribution in [0, 0.1) is 0 Å². The maximum absolute atomic E-state index is 12.3. The molecule has 2 N–H and O–H groups in total. The molecular weight excluding hydrogens is 524 g/mol. The molecule has 4 aromatic carbocycles. The summed E-state index contributed by atoms with van der Waals surface area (Å²) in [6.07, 6.45) is 0.374. The van der Waals surface area contributed by atoms with Crippen LogP contribution in [0.2, 0.25) is 0 Å². The van der Waals surface area contributed by atoms with Gasteiger partial charge in [-0.15, -0.1) is 0 Å². The lowest BCUT2D eigenvalue weighted by Crippen LogP contribution is -2.21. The smallest absolute Gasteiger partial charge is 0.338 e. The molecule has 0 saturated heterocycles. The monoisotopic (exact) mass is 554 g/mol. The molecule has 4 aromatic rings. The summed E-state index contributed by atoms with van der Waals surface area (Å²) in [6, 6.07) is 27.0. The standard InChI is InChI=1S/C32H30N2O7/c1-2-39-32(38)23-13-15-24(16-14-23)34-30(36)21-40-31(37)12-6-11-29(35)33-25-17-19-26(20-18-25)41-28-10-5-8-22-7-3-4-9-27(22)28/h3-5,7-10,13-20H,2,6,11-12,21H2,1H3,(H,33,35)(H,34,36). The Hall–Kier alpha value is -5.18. The van der Waals surface area contributed by atoms with Crippen molar-refractivity contribution in [3.8, 4) is 11.5 Å². The molecule has 0 unspecified atom stereocenters. The summed E-state index contributed by atoms with van der Waals surface area (Å²) in [7, 11) is 0. The molecule has 0 aliphatic rings. The van der Waals surface area contributed by atoms with Crippen LogP contribution in [0.5, 0.6) is 11.5 Å². The summed E-state index contributed by atoms with van der Waals surface area (Å²) in [5.41, 5.74) is 1.42. The fourth-order valence-electron chi connectivity index (χ4n) is 3.95. The highest BCUT2D eigenvalue weighted by Gasteiger charge is 2.11. The number of nitrogens with one attached hydrogen (secondary N) is 2. The van der Waals surface area contributed by atoms with Gasteiger partial charge in [0.25, 0.3) is 5.91 Å². The molecule has 0 aliphatic heterocycles. The average molecular weight is 555 g/mol. The van der Waals surface area contributed by atoms with Crippen LogP contribution < -0.4 is 15.4 Å². The van der Waals surface area contributed by atoms with Gasteiger partial charge in [0.2, 0.25) is 5.91 Å². The van der Waals surface area contributed by atoms with Crippen molar-refractivity contribution in [3.63, 3.8) is 0 Å². The Balaban J connectivity index is 1.14. The van der Waals surface area contributed by atoms with E-state index in [0.717, 1.165) is 16.5 Å². The predicted octanol–water partition coefficient (Wildman–Crippen LogP) is 6.10. The number of rotatable bonds is 12. The molecule has 0 saturated carbocycles.